The summed E-state index contributed by atoms with van der Waals surface area (Å²) >= 11 is 0. The number of nitrogens with one attached hydrogen (secondary N) is 2. The molecule has 0 spiro atoms. The van der Waals surface area contributed by atoms with E-state index in [4.69, 9.17) is 11.2 Å². The van der Waals surface area contributed by atoms with Gasteiger partial charge >= 0.3 is 6.09 Å². The minimum atomic E-state index is -0.874. The maximum atomic E-state index is 13.5. The average Bonchev–Trinajstić information content (AvgIpc) is 2.71. The van der Waals surface area contributed by atoms with Crippen LogP contribution in [0.3, 0.4) is 0 Å². The van der Waals surface area contributed by atoms with Crippen LogP contribution in [0.25, 0.3) is 0 Å². The molecule has 0 aliphatic heterocycles. The summed E-state index contributed by atoms with van der Waals surface area (Å²) in [6, 6.07) is 5.21. The molecule has 1 aromatic carbocycles. The number of terminal acetylenes is 1. The molecule has 2 atom stereocenters. The van der Waals surface area contributed by atoms with Gasteiger partial charge in [0.1, 0.15) is 17.7 Å². The molecule has 1 rings (SSSR count). The van der Waals surface area contributed by atoms with Crippen molar-refractivity contribution >= 4 is 17.9 Å². The summed E-state index contributed by atoms with van der Waals surface area (Å²) in [5.74, 6) is 1.92. The molecule has 0 heterocycles. The maximum absolute atomic E-state index is 13.5. The van der Waals surface area contributed by atoms with E-state index in [1.54, 1.807) is 56.9 Å². The zero-order chi connectivity index (χ0) is 25.2. The highest BCUT2D eigenvalue weighted by Crippen LogP contribution is 2.24. The predicted molar refractivity (Wildman–Crippen MR) is 130 cm³/mol. The first-order valence-corrected chi connectivity index (χ1v) is 11.6. The second kappa shape index (κ2) is 12.9. The van der Waals surface area contributed by atoms with Crippen LogP contribution in [0.15, 0.2) is 24.3 Å². The van der Waals surface area contributed by atoms with Gasteiger partial charge in [0.15, 0.2) is 0 Å². The van der Waals surface area contributed by atoms with Gasteiger partial charge in [-0.25, -0.2) is 4.79 Å². The number of hydrogen-bond acceptors (Lipinski definition) is 4. The fourth-order valence-electron chi connectivity index (χ4n) is 3.29. The number of nitrogens with zero attached hydrogens (tertiary/aromatic N) is 1. The molecule has 3 amide bonds. The van der Waals surface area contributed by atoms with Gasteiger partial charge in [0.25, 0.3) is 0 Å². The summed E-state index contributed by atoms with van der Waals surface area (Å²) in [4.78, 5) is 40.6. The molecular weight excluding hydrogens is 418 g/mol. The van der Waals surface area contributed by atoms with Crippen molar-refractivity contribution in [2.45, 2.75) is 91.5 Å². The van der Waals surface area contributed by atoms with E-state index in [1.807, 2.05) is 13.8 Å². The predicted octanol–water partition coefficient (Wildman–Crippen LogP) is 4.17. The molecule has 0 saturated carbocycles. The van der Waals surface area contributed by atoms with Gasteiger partial charge in [-0.15, -0.1) is 6.42 Å². The molecule has 0 radical (unpaired) electrons. The topological polar surface area (TPSA) is 87.7 Å². The molecule has 182 valence electrons. The molecule has 0 aliphatic carbocycles. The molecule has 7 nitrogen and oxygen atoms in total. The molecule has 33 heavy (non-hydrogen) atoms. The van der Waals surface area contributed by atoms with Crippen LogP contribution in [0.2, 0.25) is 0 Å². The van der Waals surface area contributed by atoms with E-state index >= 15 is 0 Å². The van der Waals surface area contributed by atoms with Crippen LogP contribution in [-0.4, -0.2) is 47.0 Å². The Bertz CT molecular complexity index is 835. The van der Waals surface area contributed by atoms with Crippen LogP contribution < -0.4 is 10.6 Å². The lowest BCUT2D eigenvalue weighted by atomic mass is 10.0. The van der Waals surface area contributed by atoms with Gasteiger partial charge in [0.2, 0.25) is 11.8 Å². The van der Waals surface area contributed by atoms with Gasteiger partial charge in [-0.2, -0.15) is 0 Å². The number of carbonyl (C=O) groups is 3. The molecule has 0 aliphatic rings. The SMILES string of the molecule is C#Cc1ccc(C(C(=O)NC(C)C)N(CCCCC)C(=O)C(C)NC(=O)OC(C)(C)C)cc1. The number of rotatable bonds is 10. The number of ether oxygens (including phenoxy) is 1. The summed E-state index contributed by atoms with van der Waals surface area (Å²) in [6.07, 6.45) is 7.40. The Morgan fingerprint density at radius 1 is 1.06 bits per heavy atom. The maximum Gasteiger partial charge on any atom is 0.408 e. The first-order valence-electron chi connectivity index (χ1n) is 11.6. The zero-order valence-electron chi connectivity index (χ0n) is 21.0. The summed E-state index contributed by atoms with van der Waals surface area (Å²) in [6.45, 7) is 13.0. The monoisotopic (exact) mass is 457 g/mol. The van der Waals surface area contributed by atoms with Crippen LogP contribution >= 0.6 is 0 Å². The standard InChI is InChI=1S/C26H39N3O4/c1-9-11-12-17-29(24(31)19(5)28-25(32)33-26(6,7)8)22(23(30)27-18(3)4)21-15-13-20(10-2)14-16-21/h2,13-16,18-19,22H,9,11-12,17H2,1,3-8H3,(H,27,30)(H,28,32). The Kier molecular flexibility index (Phi) is 10.9. The molecule has 0 aromatic heterocycles. The Hall–Kier alpha value is -3.01. The quantitative estimate of drug-likeness (QED) is 0.408. The molecular formula is C26H39N3O4. The molecule has 1 aromatic rings. The van der Waals surface area contributed by atoms with Crippen molar-refractivity contribution in [3.05, 3.63) is 35.4 Å². The molecule has 2 unspecified atom stereocenters. The van der Waals surface area contributed by atoms with E-state index < -0.39 is 23.8 Å². The van der Waals surface area contributed by atoms with E-state index in [2.05, 4.69) is 23.5 Å². The minimum Gasteiger partial charge on any atom is -0.444 e. The largest absolute Gasteiger partial charge is 0.444 e. The number of unbranched alkanes of at least 4 members (excludes halogenated alkanes) is 2. The normalized spacial score (nSPS) is 12.9. The van der Waals surface area contributed by atoms with E-state index in [0.717, 1.165) is 19.3 Å². The second-order valence-electron chi connectivity index (χ2n) is 9.44. The summed E-state index contributed by atoms with van der Waals surface area (Å²) < 4.78 is 5.29. The Morgan fingerprint density at radius 2 is 1.67 bits per heavy atom. The van der Waals surface area contributed by atoms with Gasteiger partial charge in [0, 0.05) is 18.2 Å². The summed E-state index contributed by atoms with van der Waals surface area (Å²) in [5.41, 5.74) is 0.651. The average molecular weight is 458 g/mol. The van der Waals surface area contributed by atoms with Gasteiger partial charge in [-0.1, -0.05) is 37.8 Å². The lowest BCUT2D eigenvalue weighted by Gasteiger charge is -2.34. The van der Waals surface area contributed by atoms with E-state index in [1.165, 1.54) is 0 Å². The molecule has 0 bridgehead atoms. The van der Waals surface area contributed by atoms with Crippen molar-refractivity contribution < 1.29 is 19.1 Å². The first-order chi connectivity index (χ1) is 15.4. The lowest BCUT2D eigenvalue weighted by molar-refractivity contribution is -0.142. The first kappa shape index (κ1) is 28.0. The van der Waals surface area contributed by atoms with Gasteiger partial charge < -0.3 is 20.3 Å². The highest BCUT2D eigenvalue weighted by atomic mass is 16.6. The minimum absolute atomic E-state index is 0.102. The summed E-state index contributed by atoms with van der Waals surface area (Å²) in [5, 5.41) is 5.52. The van der Waals surface area contributed by atoms with Crippen molar-refractivity contribution in [3.8, 4) is 12.3 Å². The third-order valence-corrected chi connectivity index (χ3v) is 4.77. The summed E-state index contributed by atoms with van der Waals surface area (Å²) in [7, 11) is 0. The van der Waals surface area contributed by atoms with E-state index in [9.17, 15) is 14.4 Å². The van der Waals surface area contributed by atoms with Crippen molar-refractivity contribution in [1.82, 2.24) is 15.5 Å². The smallest absolute Gasteiger partial charge is 0.408 e. The van der Waals surface area contributed by atoms with Crippen molar-refractivity contribution in [2.75, 3.05) is 6.54 Å². The van der Waals surface area contributed by atoms with Crippen LogP contribution in [0.4, 0.5) is 4.79 Å². The van der Waals surface area contributed by atoms with Gasteiger partial charge in [0.05, 0.1) is 0 Å². The highest BCUT2D eigenvalue weighted by Gasteiger charge is 2.34. The second-order valence-corrected chi connectivity index (χ2v) is 9.44. The molecule has 7 heteroatoms. The number of carbonyl (C=O) groups excluding carboxylic acids is 3. The van der Waals surface area contributed by atoms with Crippen molar-refractivity contribution in [1.29, 1.82) is 0 Å². The third-order valence-electron chi connectivity index (χ3n) is 4.77. The number of alkyl carbamates (subject to hydrolysis) is 1. The fraction of sp³-hybridized carbons (Fsp3) is 0.577. The molecule has 0 saturated heterocycles. The van der Waals surface area contributed by atoms with Crippen LogP contribution in [0, 0.1) is 12.3 Å². The molecule has 0 fully saturated rings. The Balaban J connectivity index is 3.30. The number of hydrogen-bond donors (Lipinski definition) is 2. The van der Waals surface area contributed by atoms with E-state index in [-0.39, 0.29) is 17.9 Å². The van der Waals surface area contributed by atoms with Crippen LogP contribution in [0.5, 0.6) is 0 Å². The fourth-order valence-corrected chi connectivity index (χ4v) is 3.29. The van der Waals surface area contributed by atoms with Gasteiger partial charge in [-0.05, 0) is 65.7 Å². The van der Waals surface area contributed by atoms with Crippen molar-refractivity contribution in [2.24, 2.45) is 0 Å². The zero-order valence-corrected chi connectivity index (χ0v) is 21.0. The third kappa shape index (κ3) is 9.56. The van der Waals surface area contributed by atoms with E-state index in [0.29, 0.717) is 17.7 Å². The Labute approximate surface area is 198 Å². The van der Waals surface area contributed by atoms with Crippen LogP contribution in [-0.2, 0) is 14.3 Å². The number of benzene rings is 1. The highest BCUT2D eigenvalue weighted by molar-refractivity contribution is 5.92. The van der Waals surface area contributed by atoms with Gasteiger partial charge in [-0.3, -0.25) is 9.59 Å². The molecule has 2 N–H and O–H groups in total. The lowest BCUT2D eigenvalue weighted by Crippen LogP contribution is -2.52. The number of amides is 3. The van der Waals surface area contributed by atoms with Crippen molar-refractivity contribution in [3.63, 3.8) is 0 Å². The Morgan fingerprint density at radius 3 is 2.15 bits per heavy atom. The van der Waals surface area contributed by atoms with Crippen LogP contribution in [0.1, 0.15) is 84.9 Å².